The van der Waals surface area contributed by atoms with Crippen molar-refractivity contribution in [1.82, 2.24) is 10.5 Å². The van der Waals surface area contributed by atoms with Gasteiger partial charge >= 0.3 is 0 Å². The number of amides is 1. The second-order valence-corrected chi connectivity index (χ2v) is 6.97. The molecule has 6 heteroatoms. The standard InChI is InChI=1S/C17H22ClN3O2/c1-11(12-6-5-7-13(18)8-12)19-10-15(22)20-16-9-14(21-23-16)17(2,3)4/h5-9,11,19H,10H2,1-4H3,(H,20,22)/t11-/m0/s1. The van der Waals surface area contributed by atoms with Gasteiger partial charge in [-0.1, -0.05) is 49.7 Å². The maximum atomic E-state index is 12.0. The first-order chi connectivity index (χ1) is 10.8. The maximum Gasteiger partial charge on any atom is 0.240 e. The predicted molar refractivity (Wildman–Crippen MR) is 91.7 cm³/mol. The third-order valence-corrected chi connectivity index (χ3v) is 3.69. The second-order valence-electron chi connectivity index (χ2n) is 6.53. The first-order valence-electron chi connectivity index (χ1n) is 7.51. The molecular weight excluding hydrogens is 314 g/mol. The summed E-state index contributed by atoms with van der Waals surface area (Å²) in [6.07, 6.45) is 0. The molecule has 1 aromatic carbocycles. The van der Waals surface area contributed by atoms with E-state index in [0.717, 1.165) is 11.3 Å². The van der Waals surface area contributed by atoms with Crippen molar-refractivity contribution in [3.63, 3.8) is 0 Å². The zero-order valence-corrected chi connectivity index (χ0v) is 14.6. The Hall–Kier alpha value is -1.85. The van der Waals surface area contributed by atoms with Crippen LogP contribution in [0.2, 0.25) is 5.02 Å². The zero-order valence-electron chi connectivity index (χ0n) is 13.8. The van der Waals surface area contributed by atoms with Gasteiger partial charge in [0.1, 0.15) is 0 Å². The minimum atomic E-state index is -0.185. The van der Waals surface area contributed by atoms with Crippen molar-refractivity contribution in [2.24, 2.45) is 0 Å². The molecule has 5 nitrogen and oxygen atoms in total. The SMILES string of the molecule is C[C@H](NCC(=O)Nc1cc(C(C)(C)C)no1)c1cccc(Cl)c1. The molecule has 1 aromatic heterocycles. The van der Waals surface area contributed by atoms with Crippen molar-refractivity contribution in [2.75, 3.05) is 11.9 Å². The van der Waals surface area contributed by atoms with Crippen LogP contribution in [0.4, 0.5) is 5.88 Å². The van der Waals surface area contributed by atoms with Crippen LogP contribution in [0.15, 0.2) is 34.9 Å². The molecule has 2 N–H and O–H groups in total. The van der Waals surface area contributed by atoms with E-state index in [0.29, 0.717) is 10.9 Å². The number of hydrogen-bond donors (Lipinski definition) is 2. The Morgan fingerprint density at radius 1 is 1.35 bits per heavy atom. The highest BCUT2D eigenvalue weighted by Gasteiger charge is 2.19. The van der Waals surface area contributed by atoms with Crippen LogP contribution in [0.25, 0.3) is 0 Å². The maximum absolute atomic E-state index is 12.0. The number of nitrogens with one attached hydrogen (secondary N) is 2. The molecule has 0 aliphatic carbocycles. The van der Waals surface area contributed by atoms with Gasteiger partial charge in [-0.15, -0.1) is 0 Å². The Balaban J connectivity index is 1.86. The van der Waals surface area contributed by atoms with Gasteiger partial charge < -0.3 is 9.84 Å². The van der Waals surface area contributed by atoms with Gasteiger partial charge in [-0.05, 0) is 24.6 Å². The molecule has 1 amide bonds. The first kappa shape index (κ1) is 17.5. The topological polar surface area (TPSA) is 67.2 Å². The van der Waals surface area contributed by atoms with Gasteiger partial charge in [-0.3, -0.25) is 10.1 Å². The van der Waals surface area contributed by atoms with Gasteiger partial charge in [0.15, 0.2) is 0 Å². The normalized spacial score (nSPS) is 12.9. The van der Waals surface area contributed by atoms with Crippen molar-refractivity contribution in [3.8, 4) is 0 Å². The lowest BCUT2D eigenvalue weighted by Gasteiger charge is -2.14. The van der Waals surface area contributed by atoms with Crippen LogP contribution in [0, 0.1) is 0 Å². The van der Waals surface area contributed by atoms with E-state index in [-0.39, 0.29) is 23.9 Å². The zero-order chi connectivity index (χ0) is 17.0. The number of nitrogens with zero attached hydrogens (tertiary/aromatic N) is 1. The molecule has 1 heterocycles. The van der Waals surface area contributed by atoms with E-state index >= 15 is 0 Å². The van der Waals surface area contributed by atoms with E-state index in [1.807, 2.05) is 52.0 Å². The van der Waals surface area contributed by atoms with Crippen LogP contribution in [-0.4, -0.2) is 17.6 Å². The lowest BCUT2D eigenvalue weighted by atomic mass is 9.92. The fourth-order valence-corrected chi connectivity index (χ4v) is 2.21. The Bertz CT molecular complexity index is 676. The summed E-state index contributed by atoms with van der Waals surface area (Å²) in [4.78, 5) is 12.0. The third-order valence-electron chi connectivity index (χ3n) is 3.46. The monoisotopic (exact) mass is 335 g/mol. The van der Waals surface area contributed by atoms with Gasteiger partial charge in [0, 0.05) is 22.5 Å². The van der Waals surface area contributed by atoms with E-state index in [1.165, 1.54) is 0 Å². The lowest BCUT2D eigenvalue weighted by molar-refractivity contribution is -0.115. The molecule has 0 radical (unpaired) electrons. The molecule has 0 aliphatic heterocycles. The molecule has 23 heavy (non-hydrogen) atoms. The number of carbonyl (C=O) groups excluding carboxylic acids is 1. The van der Waals surface area contributed by atoms with Crippen molar-refractivity contribution < 1.29 is 9.32 Å². The number of anilines is 1. The number of aromatic nitrogens is 1. The number of benzene rings is 1. The summed E-state index contributed by atoms with van der Waals surface area (Å²) < 4.78 is 5.14. The quantitative estimate of drug-likeness (QED) is 0.869. The summed E-state index contributed by atoms with van der Waals surface area (Å²) in [6.45, 7) is 8.24. The largest absolute Gasteiger partial charge is 0.338 e. The third kappa shape index (κ3) is 5.08. The first-order valence-corrected chi connectivity index (χ1v) is 7.89. The average Bonchev–Trinajstić information content (AvgIpc) is 2.93. The van der Waals surface area contributed by atoms with E-state index in [2.05, 4.69) is 15.8 Å². The Morgan fingerprint density at radius 2 is 2.09 bits per heavy atom. The molecule has 0 bridgehead atoms. The molecule has 124 valence electrons. The van der Waals surface area contributed by atoms with Gasteiger partial charge in [0.25, 0.3) is 0 Å². The Morgan fingerprint density at radius 3 is 2.70 bits per heavy atom. The molecule has 2 aromatic rings. The fraction of sp³-hybridized carbons (Fsp3) is 0.412. The van der Waals surface area contributed by atoms with Gasteiger partial charge in [0.2, 0.25) is 11.8 Å². The summed E-state index contributed by atoms with van der Waals surface area (Å²) in [5.74, 6) is 0.174. The minimum absolute atomic E-state index is 0.0133. The molecule has 0 unspecified atom stereocenters. The smallest absolute Gasteiger partial charge is 0.240 e. The van der Waals surface area contributed by atoms with Crippen molar-refractivity contribution >= 4 is 23.4 Å². The number of carbonyl (C=O) groups is 1. The van der Waals surface area contributed by atoms with Crippen LogP contribution in [0.5, 0.6) is 0 Å². The van der Waals surface area contributed by atoms with Crippen molar-refractivity contribution in [2.45, 2.75) is 39.2 Å². The average molecular weight is 336 g/mol. The highest BCUT2D eigenvalue weighted by Crippen LogP contribution is 2.23. The summed E-state index contributed by atoms with van der Waals surface area (Å²) >= 11 is 5.97. The molecule has 0 saturated carbocycles. The molecule has 1 atom stereocenters. The minimum Gasteiger partial charge on any atom is -0.338 e. The molecule has 0 fully saturated rings. The molecule has 0 spiro atoms. The fourth-order valence-electron chi connectivity index (χ4n) is 2.01. The number of halogens is 1. The van der Waals surface area contributed by atoms with Crippen LogP contribution in [-0.2, 0) is 10.2 Å². The van der Waals surface area contributed by atoms with Gasteiger partial charge in [-0.25, -0.2) is 0 Å². The van der Waals surface area contributed by atoms with E-state index in [4.69, 9.17) is 16.1 Å². The molecule has 2 rings (SSSR count). The molecular formula is C17H22ClN3O2. The van der Waals surface area contributed by atoms with Crippen molar-refractivity contribution in [3.05, 3.63) is 46.6 Å². The lowest BCUT2D eigenvalue weighted by Crippen LogP contribution is -2.30. The number of rotatable bonds is 5. The van der Waals surface area contributed by atoms with Crippen LogP contribution in [0.1, 0.15) is 45.0 Å². The second kappa shape index (κ2) is 7.15. The van der Waals surface area contributed by atoms with Crippen LogP contribution in [0.3, 0.4) is 0 Å². The van der Waals surface area contributed by atoms with Crippen LogP contribution < -0.4 is 10.6 Å². The highest BCUT2D eigenvalue weighted by molar-refractivity contribution is 6.30. The van der Waals surface area contributed by atoms with E-state index < -0.39 is 0 Å². The highest BCUT2D eigenvalue weighted by atomic mass is 35.5. The predicted octanol–water partition coefficient (Wildman–Crippen LogP) is 3.91. The Kier molecular flexibility index (Phi) is 5.44. The molecule has 0 aliphatic rings. The van der Waals surface area contributed by atoms with E-state index in [1.54, 1.807) is 6.07 Å². The van der Waals surface area contributed by atoms with Gasteiger partial charge in [0.05, 0.1) is 12.2 Å². The summed E-state index contributed by atoms with van der Waals surface area (Å²) in [6, 6.07) is 9.31. The summed E-state index contributed by atoms with van der Waals surface area (Å²) in [7, 11) is 0. The Labute approximate surface area is 141 Å². The number of hydrogen-bond acceptors (Lipinski definition) is 4. The summed E-state index contributed by atoms with van der Waals surface area (Å²) in [5.41, 5.74) is 1.71. The summed E-state index contributed by atoms with van der Waals surface area (Å²) in [5, 5.41) is 10.5. The van der Waals surface area contributed by atoms with Crippen molar-refractivity contribution in [1.29, 1.82) is 0 Å². The molecule has 0 saturated heterocycles. The van der Waals surface area contributed by atoms with E-state index in [9.17, 15) is 4.79 Å². The van der Waals surface area contributed by atoms with Gasteiger partial charge in [-0.2, -0.15) is 0 Å². The van der Waals surface area contributed by atoms with Crippen LogP contribution >= 0.6 is 11.6 Å².